The Labute approximate surface area is 149 Å². The molecule has 10 heteroatoms. The molecule has 0 saturated heterocycles. The molecule has 2 aliphatic rings. The molecular formula is C16H10ClN5O4. The third-order valence-corrected chi connectivity index (χ3v) is 5.00. The number of nitrogens with one attached hydrogen (secondary N) is 4. The Morgan fingerprint density at radius 3 is 2.73 bits per heavy atom. The van der Waals surface area contributed by atoms with Crippen LogP contribution < -0.4 is 21.9 Å². The molecule has 1 amide bonds. The summed E-state index contributed by atoms with van der Waals surface area (Å²) in [6.07, 6.45) is 0. The molecule has 0 aliphatic carbocycles. The second kappa shape index (κ2) is 4.64. The van der Waals surface area contributed by atoms with Crippen molar-refractivity contribution < 1.29 is 9.32 Å². The number of hydrogen-bond acceptors (Lipinski definition) is 6. The molecule has 4 N–H and O–H groups in total. The number of carbonyl (C=O) groups is 1. The van der Waals surface area contributed by atoms with E-state index in [1.54, 1.807) is 25.1 Å². The SMILES string of the molecule is Cc1noc2c1C1(C(=O)Nc3ccc(Cl)cc31)c1c([nH]c(=O)[nH]c1=O)N2. The number of amides is 1. The van der Waals surface area contributed by atoms with Crippen LogP contribution in [-0.2, 0) is 10.2 Å². The van der Waals surface area contributed by atoms with Gasteiger partial charge in [-0.05, 0) is 25.1 Å². The standard InChI is InChI=1S/C16H10ClN5O4/c1-5-9-13(26-22-5)19-11-10(12(23)21-15(25)20-11)16(9)7-4-6(17)2-3-8(7)18-14(16)24/h2-4H,1H3,(H,18,24)(H3,19,20,21,23,25). The summed E-state index contributed by atoms with van der Waals surface area (Å²) in [5, 5.41) is 9.96. The van der Waals surface area contributed by atoms with Crippen molar-refractivity contribution in [2.75, 3.05) is 10.6 Å². The van der Waals surface area contributed by atoms with Crippen LogP contribution in [0.1, 0.15) is 22.4 Å². The third kappa shape index (κ3) is 1.60. The maximum atomic E-state index is 13.2. The lowest BCUT2D eigenvalue weighted by molar-refractivity contribution is -0.118. The highest BCUT2D eigenvalue weighted by Gasteiger charge is 2.58. The molecule has 0 saturated carbocycles. The van der Waals surface area contributed by atoms with Crippen LogP contribution in [0.25, 0.3) is 0 Å². The first-order valence-electron chi connectivity index (χ1n) is 7.65. The van der Waals surface area contributed by atoms with Crippen LogP contribution in [0.3, 0.4) is 0 Å². The van der Waals surface area contributed by atoms with Crippen molar-refractivity contribution >= 4 is 34.9 Å². The minimum absolute atomic E-state index is 0.0504. The molecule has 26 heavy (non-hydrogen) atoms. The summed E-state index contributed by atoms with van der Waals surface area (Å²) in [6, 6.07) is 4.92. The van der Waals surface area contributed by atoms with Crippen molar-refractivity contribution in [3.8, 4) is 0 Å². The number of nitrogens with zero attached hydrogens (tertiary/aromatic N) is 1. The summed E-state index contributed by atoms with van der Waals surface area (Å²) in [5.74, 6) is -0.202. The van der Waals surface area contributed by atoms with E-state index in [0.717, 1.165) is 0 Å². The second-order valence-electron chi connectivity index (χ2n) is 6.15. The van der Waals surface area contributed by atoms with Crippen molar-refractivity contribution in [2.45, 2.75) is 12.3 Å². The number of anilines is 3. The quantitative estimate of drug-likeness (QED) is 0.471. The molecule has 2 aliphatic heterocycles. The molecule has 1 atom stereocenters. The highest BCUT2D eigenvalue weighted by atomic mass is 35.5. The fourth-order valence-electron chi connectivity index (χ4n) is 3.84. The van der Waals surface area contributed by atoms with E-state index in [0.29, 0.717) is 27.5 Å². The van der Waals surface area contributed by atoms with Gasteiger partial charge in [0.2, 0.25) is 11.8 Å². The molecule has 4 heterocycles. The summed E-state index contributed by atoms with van der Waals surface area (Å²) in [7, 11) is 0. The maximum Gasteiger partial charge on any atom is 0.327 e. The van der Waals surface area contributed by atoms with Gasteiger partial charge in [0.15, 0.2) is 0 Å². The van der Waals surface area contributed by atoms with Gasteiger partial charge in [-0.3, -0.25) is 19.6 Å². The molecule has 2 aromatic heterocycles. The molecule has 3 aromatic rings. The number of aromatic amines is 2. The Morgan fingerprint density at radius 1 is 1.12 bits per heavy atom. The number of halogens is 1. The molecule has 9 nitrogen and oxygen atoms in total. The zero-order valence-electron chi connectivity index (χ0n) is 13.2. The van der Waals surface area contributed by atoms with Gasteiger partial charge >= 0.3 is 5.69 Å². The van der Waals surface area contributed by atoms with Crippen LogP contribution in [0.5, 0.6) is 0 Å². The van der Waals surface area contributed by atoms with Gasteiger partial charge in [-0.25, -0.2) is 4.79 Å². The lowest BCUT2D eigenvalue weighted by Crippen LogP contribution is -2.46. The third-order valence-electron chi connectivity index (χ3n) is 4.77. The highest BCUT2D eigenvalue weighted by Crippen LogP contribution is 2.54. The van der Waals surface area contributed by atoms with Crippen LogP contribution in [0, 0.1) is 6.92 Å². The van der Waals surface area contributed by atoms with Crippen LogP contribution in [0.2, 0.25) is 5.02 Å². The van der Waals surface area contributed by atoms with Gasteiger partial charge in [-0.1, -0.05) is 16.8 Å². The van der Waals surface area contributed by atoms with Gasteiger partial charge in [0, 0.05) is 16.3 Å². The van der Waals surface area contributed by atoms with E-state index in [2.05, 4.69) is 25.8 Å². The molecule has 130 valence electrons. The Hall–Kier alpha value is -3.33. The van der Waals surface area contributed by atoms with E-state index in [1.807, 2.05) is 0 Å². The van der Waals surface area contributed by atoms with Gasteiger partial charge in [0.1, 0.15) is 11.2 Å². The first-order valence-corrected chi connectivity index (χ1v) is 8.03. The fraction of sp³-hybridized carbons (Fsp3) is 0.125. The van der Waals surface area contributed by atoms with E-state index in [1.165, 1.54) is 0 Å². The van der Waals surface area contributed by atoms with E-state index in [-0.39, 0.29) is 17.3 Å². The zero-order chi connectivity index (χ0) is 18.2. The van der Waals surface area contributed by atoms with Crippen molar-refractivity contribution in [1.29, 1.82) is 0 Å². The van der Waals surface area contributed by atoms with Crippen molar-refractivity contribution in [1.82, 2.24) is 15.1 Å². The predicted octanol–water partition coefficient (Wildman–Crippen LogP) is 1.36. The minimum atomic E-state index is -1.54. The average molecular weight is 372 g/mol. The van der Waals surface area contributed by atoms with Crippen LogP contribution >= 0.6 is 11.6 Å². The van der Waals surface area contributed by atoms with E-state index in [4.69, 9.17) is 16.1 Å². The van der Waals surface area contributed by atoms with Crippen LogP contribution in [0.4, 0.5) is 17.4 Å². The van der Waals surface area contributed by atoms with Crippen molar-refractivity contribution in [3.63, 3.8) is 0 Å². The summed E-state index contributed by atoms with van der Waals surface area (Å²) in [4.78, 5) is 42.4. The van der Waals surface area contributed by atoms with Gasteiger partial charge in [0.25, 0.3) is 5.56 Å². The Kier molecular flexibility index (Phi) is 2.67. The van der Waals surface area contributed by atoms with E-state index < -0.39 is 22.6 Å². The lowest BCUT2D eigenvalue weighted by atomic mass is 9.69. The molecule has 0 fully saturated rings. The molecule has 0 bridgehead atoms. The summed E-state index contributed by atoms with van der Waals surface area (Å²) < 4.78 is 5.30. The number of rotatable bonds is 0. The van der Waals surface area contributed by atoms with Gasteiger partial charge in [-0.2, -0.15) is 0 Å². The predicted molar refractivity (Wildman–Crippen MR) is 92.2 cm³/mol. The Morgan fingerprint density at radius 2 is 1.92 bits per heavy atom. The molecule has 5 rings (SSSR count). The molecule has 1 aromatic carbocycles. The summed E-state index contributed by atoms with van der Waals surface area (Å²) in [6.45, 7) is 1.67. The first kappa shape index (κ1) is 15.0. The normalized spacial score (nSPS) is 19.5. The molecule has 1 unspecified atom stereocenters. The number of hydrogen-bond donors (Lipinski definition) is 4. The van der Waals surface area contributed by atoms with Gasteiger partial charge in [-0.15, -0.1) is 0 Å². The topological polar surface area (TPSA) is 133 Å². The number of aryl methyl sites for hydroxylation is 1. The highest BCUT2D eigenvalue weighted by molar-refractivity contribution is 6.31. The van der Waals surface area contributed by atoms with E-state index >= 15 is 0 Å². The Bertz CT molecular complexity index is 1240. The molecular weight excluding hydrogens is 362 g/mol. The molecule has 0 radical (unpaired) electrons. The second-order valence-corrected chi connectivity index (χ2v) is 6.59. The smallest absolute Gasteiger partial charge is 0.327 e. The number of fused-ring (bicyclic) bond motifs is 6. The Balaban J connectivity index is 2.02. The number of H-pyrrole nitrogens is 2. The van der Waals surface area contributed by atoms with Gasteiger partial charge < -0.3 is 15.2 Å². The maximum absolute atomic E-state index is 13.2. The monoisotopic (exact) mass is 371 g/mol. The number of benzene rings is 1. The van der Waals surface area contributed by atoms with Crippen LogP contribution in [0.15, 0.2) is 32.3 Å². The van der Waals surface area contributed by atoms with Crippen molar-refractivity contribution in [2.24, 2.45) is 0 Å². The van der Waals surface area contributed by atoms with E-state index in [9.17, 15) is 14.4 Å². The summed E-state index contributed by atoms with van der Waals surface area (Å²) >= 11 is 6.17. The van der Waals surface area contributed by atoms with Crippen LogP contribution in [-0.4, -0.2) is 21.0 Å². The largest absolute Gasteiger partial charge is 0.338 e. The zero-order valence-corrected chi connectivity index (χ0v) is 13.9. The first-order chi connectivity index (χ1) is 12.4. The van der Waals surface area contributed by atoms with Crippen molar-refractivity contribution in [3.05, 3.63) is 66.4 Å². The summed E-state index contributed by atoms with van der Waals surface area (Å²) in [5.41, 5.74) is -1.04. The molecule has 1 spiro atoms. The minimum Gasteiger partial charge on any atom is -0.338 e. The van der Waals surface area contributed by atoms with Gasteiger partial charge in [0.05, 0.1) is 16.8 Å². The fourth-order valence-corrected chi connectivity index (χ4v) is 4.02. The number of aromatic nitrogens is 3. The lowest BCUT2D eigenvalue weighted by Gasteiger charge is -2.32. The number of carbonyl (C=O) groups excluding carboxylic acids is 1. The average Bonchev–Trinajstić information content (AvgIpc) is 3.07.